The highest BCUT2D eigenvalue weighted by Crippen LogP contribution is 2.97. The van der Waals surface area contributed by atoms with E-state index in [0.717, 1.165) is 5.25 Å². The molecule has 0 radical (unpaired) electrons. The smallest absolute Gasteiger partial charge is 0.00108 e. The van der Waals surface area contributed by atoms with Crippen LogP contribution in [0.15, 0.2) is 0 Å². The molecule has 0 heterocycles. The molecule has 0 rings (SSSR count). The molecule has 8 heavy (non-hydrogen) atoms. The van der Waals surface area contributed by atoms with Gasteiger partial charge in [-0.15, -0.1) is -2.15 Å². The van der Waals surface area contributed by atoms with E-state index in [1.165, 1.54) is 0 Å². The first kappa shape index (κ1) is 11.3. The molecule has 0 aromatic carbocycles. The van der Waals surface area contributed by atoms with Crippen molar-refractivity contribution >= 4 is 82.7 Å². The highest BCUT2D eigenvalue weighted by molar-refractivity contribution is 14.6. The van der Waals surface area contributed by atoms with E-state index in [2.05, 4.69) is 98.7 Å². The van der Waals surface area contributed by atoms with E-state index in [1.54, 1.807) is 0 Å². The molecule has 0 aromatic rings. The van der Waals surface area contributed by atoms with Gasteiger partial charge in [-0.25, -0.2) is 0 Å². The fourth-order valence-corrected chi connectivity index (χ4v) is 0. The lowest BCUT2D eigenvalue weighted by molar-refractivity contribution is 1.12. The van der Waals surface area contributed by atoms with E-state index in [-0.39, 0.29) is 0 Å². The molecule has 0 saturated heterocycles. The Morgan fingerprint density at radius 3 is 1.12 bits per heavy atom. The van der Waals surface area contributed by atoms with Crippen LogP contribution in [-0.2, 0) is 0 Å². The van der Waals surface area contributed by atoms with E-state index in [1.807, 2.05) is 0 Å². The molecule has 0 fully saturated rings. The molecule has 0 saturated carbocycles. The summed E-state index contributed by atoms with van der Waals surface area (Å²) in [7, 11) is 0. The summed E-state index contributed by atoms with van der Waals surface area (Å²) in [6, 6.07) is 0. The molecule has 0 amide bonds. The van der Waals surface area contributed by atoms with Crippen LogP contribution >= 0.6 is 82.7 Å². The van der Waals surface area contributed by atoms with Crippen molar-refractivity contribution in [1.82, 2.24) is 0 Å². The molecule has 0 N–H and O–H groups in total. The lowest BCUT2D eigenvalue weighted by Gasteiger charge is -2.42. The topological polar surface area (TPSA) is 0 Å². The van der Waals surface area contributed by atoms with Gasteiger partial charge in [-0.05, 0) is 90.1 Å². The summed E-state index contributed by atoms with van der Waals surface area (Å²) in [4.78, 5) is 0. The Kier molecular flexibility index (Phi) is 4.70. The Hall–Kier alpha value is 3.27. The first-order valence-electron chi connectivity index (χ1n) is 2.09. The Morgan fingerprint density at radius 2 is 1.12 bits per heavy atom. The largest absolute Gasteiger partial charge is 0.114 e. The summed E-state index contributed by atoms with van der Waals surface area (Å²) in [5, 5.41) is 0.823. The van der Waals surface area contributed by atoms with Gasteiger partial charge in [0.25, 0.3) is 0 Å². The van der Waals surface area contributed by atoms with Gasteiger partial charge in [0.1, 0.15) is 0 Å². The van der Waals surface area contributed by atoms with Crippen LogP contribution in [0.4, 0.5) is 0 Å². The maximum absolute atomic E-state index is 2.59. The fraction of sp³-hybridized carbons (Fsp3) is 1.00. The molecule has 0 aliphatic heterocycles. The Morgan fingerprint density at radius 1 is 1.00 bits per heavy atom. The maximum Gasteiger partial charge on any atom is -0.00108 e. The molecule has 5 heteroatoms. The van der Waals surface area contributed by atoms with Gasteiger partial charge in [0.05, 0.1) is 0 Å². The zero-order valence-electron chi connectivity index (χ0n) is 4.54. The standard InChI is InChI=1S/C3H8I4S/c1-3(2)8(4,5,6)7/h3,8H,1-2H3. The van der Waals surface area contributed by atoms with Crippen LogP contribution in [-0.4, -0.2) is 5.25 Å². The Bertz CT molecular complexity index is 81.9. The van der Waals surface area contributed by atoms with Crippen LogP contribution in [0, 0.1) is 0 Å². The lowest BCUT2D eigenvalue weighted by Crippen LogP contribution is -1.97. The summed E-state index contributed by atoms with van der Waals surface area (Å²) < 4.78 is -1.30. The number of hydrogen-bond donors (Lipinski definition) is 1. The van der Waals surface area contributed by atoms with Crippen LogP contribution in [0.3, 0.4) is 0 Å². The first-order valence-corrected chi connectivity index (χ1v) is 15.5. The van der Waals surface area contributed by atoms with Crippen molar-refractivity contribution in [1.29, 1.82) is 0 Å². The SMILES string of the molecule is CC(C)[SH](I)(I)(I)I. The van der Waals surface area contributed by atoms with Crippen LogP contribution in [0.2, 0.25) is 0 Å². The van der Waals surface area contributed by atoms with Crippen molar-refractivity contribution in [3.8, 4) is 0 Å². The molecular weight excluding hydrogens is 576 g/mol. The summed E-state index contributed by atoms with van der Waals surface area (Å²) in [6.45, 7) is 4.57. The number of rotatable bonds is 1. The molecule has 0 atom stereocenters. The molecular formula is C3H8I4S. The minimum absolute atomic E-state index is 0.823. The average Bonchev–Trinajstić information content (AvgIpc) is 1.27. The highest BCUT2D eigenvalue weighted by Gasteiger charge is 2.30. The second-order valence-electron chi connectivity index (χ2n) is 1.87. The minimum atomic E-state index is -1.30. The van der Waals surface area contributed by atoms with E-state index in [9.17, 15) is 0 Å². The molecule has 0 nitrogen and oxygen atoms in total. The molecule has 0 aromatic heterocycles. The van der Waals surface area contributed by atoms with Crippen LogP contribution in [0.25, 0.3) is 0 Å². The summed E-state index contributed by atoms with van der Waals surface area (Å²) in [6.07, 6.45) is 0. The van der Waals surface area contributed by atoms with Crippen molar-refractivity contribution in [3.63, 3.8) is 0 Å². The van der Waals surface area contributed by atoms with Gasteiger partial charge in [0.15, 0.2) is 0 Å². The summed E-state index contributed by atoms with van der Waals surface area (Å²) in [5.74, 6) is 0. The molecule has 0 aliphatic rings. The molecule has 0 aliphatic carbocycles. The minimum Gasteiger partial charge on any atom is -0.114 e. The van der Waals surface area contributed by atoms with Crippen molar-refractivity contribution < 1.29 is 0 Å². The fourth-order valence-electron chi connectivity index (χ4n) is 0. The van der Waals surface area contributed by atoms with Crippen molar-refractivity contribution in [3.05, 3.63) is 0 Å². The molecule has 0 bridgehead atoms. The zero-order chi connectivity index (χ0) is 7.02. The Balaban J connectivity index is 4.14. The quantitative estimate of drug-likeness (QED) is 0.331. The second kappa shape index (κ2) is 3.33. The first-order chi connectivity index (χ1) is 3.20. The summed E-state index contributed by atoms with van der Waals surface area (Å²) in [5.41, 5.74) is 0. The van der Waals surface area contributed by atoms with E-state index < -0.39 is -2.15 Å². The number of thiol groups is 1. The van der Waals surface area contributed by atoms with Gasteiger partial charge < -0.3 is 0 Å². The van der Waals surface area contributed by atoms with Crippen molar-refractivity contribution in [2.45, 2.75) is 19.1 Å². The van der Waals surface area contributed by atoms with Gasteiger partial charge in [0, 0.05) is 0 Å². The zero-order valence-corrected chi connectivity index (χ0v) is 14.1. The van der Waals surface area contributed by atoms with Gasteiger partial charge in [0.2, 0.25) is 0 Å². The van der Waals surface area contributed by atoms with Crippen molar-refractivity contribution in [2.75, 3.05) is 0 Å². The average molecular weight is 584 g/mol. The third kappa shape index (κ3) is 4.99. The van der Waals surface area contributed by atoms with E-state index in [0.29, 0.717) is 0 Å². The number of halogens is 4. The van der Waals surface area contributed by atoms with E-state index >= 15 is 0 Å². The lowest BCUT2D eigenvalue weighted by atomic mass is 10.6. The van der Waals surface area contributed by atoms with Gasteiger partial charge in [-0.3, -0.25) is 0 Å². The summed E-state index contributed by atoms with van der Waals surface area (Å²) >= 11 is 10.4. The molecule has 0 spiro atoms. The molecule has 0 unspecified atom stereocenters. The van der Waals surface area contributed by atoms with Crippen LogP contribution in [0.1, 0.15) is 13.8 Å². The van der Waals surface area contributed by atoms with Crippen LogP contribution < -0.4 is 0 Å². The molecule has 54 valence electrons. The van der Waals surface area contributed by atoms with Crippen LogP contribution in [0.5, 0.6) is 0 Å². The monoisotopic (exact) mass is 584 g/mol. The van der Waals surface area contributed by atoms with E-state index in [4.69, 9.17) is 0 Å². The highest BCUT2D eigenvalue weighted by atomic mass is 127. The van der Waals surface area contributed by atoms with Gasteiger partial charge in [-0.1, -0.05) is 13.8 Å². The predicted octanol–water partition coefficient (Wildman–Crippen LogP) is 4.87. The maximum atomic E-state index is 2.59. The van der Waals surface area contributed by atoms with Crippen molar-refractivity contribution in [2.24, 2.45) is 0 Å². The normalized spacial score (nSPS) is 18.1. The second-order valence-corrected chi connectivity index (χ2v) is 61.7. The number of hydrogen-bond acceptors (Lipinski definition) is 0. The predicted molar refractivity (Wildman–Crippen MR) is 80.2 cm³/mol. The van der Waals surface area contributed by atoms with Gasteiger partial charge >= 0.3 is 0 Å². The van der Waals surface area contributed by atoms with Gasteiger partial charge in [-0.2, -0.15) is 0 Å². The Labute approximate surface area is 99.3 Å². The third-order valence-corrected chi connectivity index (χ3v) is 15.7. The third-order valence-electron chi connectivity index (χ3n) is 0.781.